The first-order chi connectivity index (χ1) is 16.6. The SMILES string of the molecule is Cc1cc(=O)oc2cc(O[C@@H]3O[C@@H](CO)[C@@H](O[C@@H]4O[C@@H](CO)[C@@H](O)[C@H](O)[C@H]4O)[C@H](O)[C@@H]3O)ccc12. The summed E-state index contributed by atoms with van der Waals surface area (Å²) in [5, 5.41) is 71.1. The molecule has 7 N–H and O–H groups in total. The number of aliphatic hydroxyl groups is 7. The number of aryl methyl sites for hydroxylation is 1. The van der Waals surface area contributed by atoms with Gasteiger partial charge in [0.05, 0.1) is 13.2 Å². The predicted molar refractivity (Wildman–Crippen MR) is 114 cm³/mol. The smallest absolute Gasteiger partial charge is 0.336 e. The van der Waals surface area contributed by atoms with E-state index >= 15 is 0 Å². The molecule has 1 aromatic heterocycles. The molecule has 13 heteroatoms. The summed E-state index contributed by atoms with van der Waals surface area (Å²) < 4.78 is 27.1. The van der Waals surface area contributed by atoms with E-state index in [2.05, 4.69) is 0 Å². The third-order valence-electron chi connectivity index (χ3n) is 6.14. The van der Waals surface area contributed by atoms with Crippen molar-refractivity contribution in [2.24, 2.45) is 0 Å². The highest BCUT2D eigenvalue weighted by atomic mass is 16.7. The van der Waals surface area contributed by atoms with Gasteiger partial charge in [-0.25, -0.2) is 4.79 Å². The van der Waals surface area contributed by atoms with Crippen LogP contribution in [-0.2, 0) is 14.2 Å². The maximum atomic E-state index is 11.7. The Balaban J connectivity index is 1.50. The number of ether oxygens (including phenoxy) is 4. The van der Waals surface area contributed by atoms with Crippen LogP contribution in [-0.4, -0.2) is 110 Å². The molecule has 0 radical (unpaired) electrons. The molecule has 1 aromatic carbocycles. The second-order valence-corrected chi connectivity index (χ2v) is 8.53. The van der Waals surface area contributed by atoms with E-state index in [-0.39, 0.29) is 11.3 Å². The molecule has 0 bridgehead atoms. The molecule has 0 amide bonds. The second kappa shape index (κ2) is 10.4. The third kappa shape index (κ3) is 5.06. The van der Waals surface area contributed by atoms with Crippen molar-refractivity contribution in [1.29, 1.82) is 0 Å². The second-order valence-electron chi connectivity index (χ2n) is 8.53. The van der Waals surface area contributed by atoms with E-state index in [1.54, 1.807) is 19.1 Å². The minimum absolute atomic E-state index is 0.146. The molecule has 2 saturated heterocycles. The van der Waals surface area contributed by atoms with Gasteiger partial charge in [-0.15, -0.1) is 0 Å². The van der Waals surface area contributed by atoms with Crippen LogP contribution >= 0.6 is 0 Å². The van der Waals surface area contributed by atoms with Gasteiger partial charge in [0.15, 0.2) is 6.29 Å². The number of hydrogen-bond acceptors (Lipinski definition) is 13. The molecule has 2 aliphatic rings. The molecule has 4 rings (SSSR count). The topological polar surface area (TPSA) is 209 Å². The Labute approximate surface area is 198 Å². The van der Waals surface area contributed by atoms with Crippen molar-refractivity contribution in [2.45, 2.75) is 68.3 Å². The van der Waals surface area contributed by atoms with Crippen molar-refractivity contribution >= 4 is 11.0 Å². The van der Waals surface area contributed by atoms with Crippen LogP contribution in [0.2, 0.25) is 0 Å². The fourth-order valence-corrected chi connectivity index (χ4v) is 4.17. The largest absolute Gasteiger partial charge is 0.462 e. The van der Waals surface area contributed by atoms with Crippen LogP contribution in [0, 0.1) is 6.92 Å². The number of hydrogen-bond donors (Lipinski definition) is 7. The van der Waals surface area contributed by atoms with Crippen molar-refractivity contribution in [3.8, 4) is 5.75 Å². The van der Waals surface area contributed by atoms with E-state index < -0.39 is 80.3 Å². The molecule has 35 heavy (non-hydrogen) atoms. The monoisotopic (exact) mass is 500 g/mol. The Hall–Kier alpha value is -2.17. The quantitative estimate of drug-likeness (QED) is 0.199. The average molecular weight is 500 g/mol. The van der Waals surface area contributed by atoms with Gasteiger partial charge in [-0.1, -0.05) is 0 Å². The molecule has 0 unspecified atom stereocenters. The van der Waals surface area contributed by atoms with Crippen LogP contribution in [0.3, 0.4) is 0 Å². The van der Waals surface area contributed by atoms with Gasteiger partial charge in [-0.3, -0.25) is 0 Å². The lowest BCUT2D eigenvalue weighted by Crippen LogP contribution is -2.65. The van der Waals surface area contributed by atoms with Gasteiger partial charge >= 0.3 is 5.63 Å². The zero-order valence-corrected chi connectivity index (χ0v) is 18.6. The van der Waals surface area contributed by atoms with Crippen molar-refractivity contribution in [3.63, 3.8) is 0 Å². The maximum Gasteiger partial charge on any atom is 0.336 e. The fourth-order valence-electron chi connectivity index (χ4n) is 4.17. The van der Waals surface area contributed by atoms with E-state index in [1.165, 1.54) is 12.1 Å². The molecular formula is C22H28O13. The minimum atomic E-state index is -1.76. The summed E-state index contributed by atoms with van der Waals surface area (Å²) in [6.07, 6.45) is -15.6. The van der Waals surface area contributed by atoms with Crippen LogP contribution in [0.4, 0.5) is 0 Å². The van der Waals surface area contributed by atoms with Gasteiger partial charge in [0.1, 0.15) is 60.2 Å². The predicted octanol–water partition coefficient (Wildman–Crippen LogP) is -2.90. The molecule has 2 aliphatic heterocycles. The lowest BCUT2D eigenvalue weighted by molar-refractivity contribution is -0.352. The van der Waals surface area contributed by atoms with Crippen LogP contribution in [0.5, 0.6) is 5.75 Å². The van der Waals surface area contributed by atoms with E-state index in [1.807, 2.05) is 0 Å². The van der Waals surface area contributed by atoms with Crippen LogP contribution in [0.25, 0.3) is 11.0 Å². The van der Waals surface area contributed by atoms with Crippen molar-refractivity contribution in [3.05, 3.63) is 40.2 Å². The Kier molecular flexibility index (Phi) is 7.73. The first-order valence-corrected chi connectivity index (χ1v) is 10.9. The summed E-state index contributed by atoms with van der Waals surface area (Å²) in [5.41, 5.74) is 0.381. The van der Waals surface area contributed by atoms with Crippen molar-refractivity contribution in [1.82, 2.24) is 0 Å². The Morgan fingerprint density at radius 1 is 0.829 bits per heavy atom. The third-order valence-corrected chi connectivity index (χ3v) is 6.14. The van der Waals surface area contributed by atoms with Crippen LogP contribution in [0.1, 0.15) is 5.56 Å². The summed E-state index contributed by atoms with van der Waals surface area (Å²) in [6, 6.07) is 5.94. The maximum absolute atomic E-state index is 11.7. The number of aliphatic hydroxyl groups excluding tert-OH is 7. The molecule has 2 fully saturated rings. The van der Waals surface area contributed by atoms with E-state index in [0.29, 0.717) is 10.9 Å². The standard InChI is InChI=1S/C22H28O13/c1-8-4-14(25)32-11-5-9(2-3-10(8)11)31-21-19(30)17(28)20(13(7-24)34-21)35-22-18(29)16(27)15(26)12(6-23)33-22/h2-5,12-13,15-24,26-30H,6-7H2,1H3/t12-,13-,15+,16-,17+,18+,19-,20+,21+,22-/m0/s1. The lowest BCUT2D eigenvalue weighted by atomic mass is 9.97. The molecular weight excluding hydrogens is 472 g/mol. The van der Waals surface area contributed by atoms with Gasteiger partial charge < -0.3 is 59.1 Å². The van der Waals surface area contributed by atoms with Gasteiger partial charge in [-0.2, -0.15) is 0 Å². The Morgan fingerprint density at radius 3 is 2.17 bits per heavy atom. The highest BCUT2D eigenvalue weighted by Gasteiger charge is 2.51. The Morgan fingerprint density at radius 2 is 1.49 bits per heavy atom. The minimum Gasteiger partial charge on any atom is -0.462 e. The molecule has 2 aromatic rings. The van der Waals surface area contributed by atoms with E-state index in [0.717, 1.165) is 0 Å². The van der Waals surface area contributed by atoms with Gasteiger partial charge in [-0.05, 0) is 24.6 Å². The Bertz CT molecular complexity index is 1070. The summed E-state index contributed by atoms with van der Waals surface area (Å²) in [7, 11) is 0. The van der Waals surface area contributed by atoms with Crippen molar-refractivity contribution in [2.75, 3.05) is 13.2 Å². The zero-order valence-electron chi connectivity index (χ0n) is 18.6. The van der Waals surface area contributed by atoms with E-state index in [9.17, 15) is 40.5 Å². The summed E-state index contributed by atoms with van der Waals surface area (Å²) in [5.74, 6) is 0.146. The molecule has 194 valence electrons. The molecule has 0 saturated carbocycles. The highest BCUT2D eigenvalue weighted by Crippen LogP contribution is 2.31. The lowest BCUT2D eigenvalue weighted by Gasteiger charge is -2.45. The van der Waals surface area contributed by atoms with Gasteiger partial charge in [0.25, 0.3) is 0 Å². The number of benzene rings is 1. The first-order valence-electron chi connectivity index (χ1n) is 10.9. The van der Waals surface area contributed by atoms with Crippen molar-refractivity contribution < 1.29 is 59.1 Å². The molecule has 3 heterocycles. The van der Waals surface area contributed by atoms with Gasteiger partial charge in [0.2, 0.25) is 6.29 Å². The molecule has 0 aliphatic carbocycles. The summed E-state index contributed by atoms with van der Waals surface area (Å²) in [4.78, 5) is 11.7. The number of fused-ring (bicyclic) bond motifs is 1. The summed E-state index contributed by atoms with van der Waals surface area (Å²) in [6.45, 7) is 0.352. The molecule has 10 atom stereocenters. The van der Waals surface area contributed by atoms with Gasteiger partial charge in [0, 0.05) is 17.5 Å². The normalized spacial score (nSPS) is 37.9. The van der Waals surface area contributed by atoms with Crippen LogP contribution < -0.4 is 10.4 Å². The van der Waals surface area contributed by atoms with E-state index in [4.69, 9.17) is 23.4 Å². The molecule has 0 spiro atoms. The number of rotatable bonds is 6. The molecule has 13 nitrogen and oxygen atoms in total. The summed E-state index contributed by atoms with van der Waals surface area (Å²) >= 11 is 0. The van der Waals surface area contributed by atoms with Crippen LogP contribution in [0.15, 0.2) is 33.5 Å². The fraction of sp³-hybridized carbons (Fsp3) is 0.591. The first kappa shape index (κ1) is 25.9. The average Bonchev–Trinajstić information content (AvgIpc) is 2.83. The highest BCUT2D eigenvalue weighted by molar-refractivity contribution is 5.81. The zero-order chi connectivity index (χ0) is 25.4.